The maximum atomic E-state index is 8.09. The molecule has 9 aromatic rings. The van der Waals surface area contributed by atoms with Crippen molar-refractivity contribution in [1.29, 1.82) is 0 Å². The summed E-state index contributed by atoms with van der Waals surface area (Å²) < 4.78 is 8.09. The van der Waals surface area contributed by atoms with Gasteiger partial charge in [-0.15, -0.1) is 0 Å². The van der Waals surface area contributed by atoms with Gasteiger partial charge in [-0.2, -0.15) is 0 Å². The second-order valence-electron chi connectivity index (χ2n) is 12.3. The maximum absolute atomic E-state index is 8.09. The fraction of sp³-hybridized carbons (Fsp3) is 0.0217. The van der Waals surface area contributed by atoms with Crippen molar-refractivity contribution >= 4 is 32.3 Å². The first kappa shape index (κ1) is 27.6. The standard InChI is InChI=1S/C46H31N3/c1-30-16-8-9-21-33(30)45-47-44(32-19-6-3-7-20-32)48-46(49-45)41-29-28-40(34-22-10-11-23-35(34)41)43-38-26-14-12-24-36(38)42(31-17-4-2-5-18-31)37-25-13-15-27-39(37)43/h2-29H,1H3/i2D. The van der Waals surface area contributed by atoms with Gasteiger partial charge in [0.25, 0.3) is 0 Å². The van der Waals surface area contributed by atoms with Gasteiger partial charge in [-0.1, -0.05) is 164 Å². The molecule has 1 heterocycles. The van der Waals surface area contributed by atoms with Crippen LogP contribution in [-0.2, 0) is 0 Å². The first-order chi connectivity index (χ1) is 24.6. The van der Waals surface area contributed by atoms with Crippen molar-refractivity contribution in [3.63, 3.8) is 0 Å². The molecule has 1 aromatic heterocycles. The number of rotatable bonds is 5. The molecule has 0 N–H and O–H groups in total. The van der Waals surface area contributed by atoms with E-state index in [2.05, 4.69) is 116 Å². The Bertz CT molecular complexity index is 2660. The van der Waals surface area contributed by atoms with Crippen LogP contribution in [0.1, 0.15) is 6.93 Å². The van der Waals surface area contributed by atoms with Gasteiger partial charge in [-0.3, -0.25) is 0 Å². The van der Waals surface area contributed by atoms with Gasteiger partial charge in [0.1, 0.15) is 0 Å². The molecule has 0 aliphatic rings. The normalized spacial score (nSPS) is 11.7. The van der Waals surface area contributed by atoms with Crippen molar-refractivity contribution in [2.45, 2.75) is 6.92 Å². The lowest BCUT2D eigenvalue weighted by Crippen LogP contribution is -2.01. The Kier molecular flexibility index (Phi) is 6.75. The molecule has 0 unspecified atom stereocenters. The number of aromatic nitrogens is 3. The predicted octanol–water partition coefficient (Wildman–Crippen LogP) is 12.0. The molecule has 0 amide bonds. The molecule has 8 aromatic carbocycles. The van der Waals surface area contributed by atoms with Crippen LogP contribution in [0.5, 0.6) is 0 Å². The summed E-state index contributed by atoms with van der Waals surface area (Å²) in [6.07, 6.45) is 0. The van der Waals surface area contributed by atoms with Gasteiger partial charge in [-0.25, -0.2) is 15.0 Å². The quantitative estimate of drug-likeness (QED) is 0.178. The minimum atomic E-state index is 0.505. The van der Waals surface area contributed by atoms with E-state index in [-0.39, 0.29) is 0 Å². The van der Waals surface area contributed by atoms with Crippen LogP contribution in [0, 0.1) is 6.92 Å². The largest absolute Gasteiger partial charge is 0.208 e. The van der Waals surface area contributed by atoms with E-state index < -0.39 is 0 Å². The van der Waals surface area contributed by atoms with Crippen molar-refractivity contribution in [3.8, 4) is 56.4 Å². The summed E-state index contributed by atoms with van der Waals surface area (Å²) in [6.45, 7) is 2.09. The second kappa shape index (κ2) is 12.0. The number of hydrogen-bond donors (Lipinski definition) is 0. The molecule has 0 atom stereocenters. The lowest BCUT2D eigenvalue weighted by atomic mass is 9.84. The zero-order chi connectivity index (χ0) is 33.6. The summed E-state index contributed by atoms with van der Waals surface area (Å²) in [4.78, 5) is 15.2. The summed E-state index contributed by atoms with van der Waals surface area (Å²) in [5.74, 6) is 1.95. The van der Waals surface area contributed by atoms with Crippen LogP contribution in [0.2, 0.25) is 0 Å². The summed E-state index contributed by atoms with van der Waals surface area (Å²) in [6, 6.07) is 57.1. The highest BCUT2D eigenvalue weighted by molar-refractivity contribution is 6.24. The average molecular weight is 627 g/mol. The van der Waals surface area contributed by atoms with Gasteiger partial charge in [-0.05, 0) is 73.1 Å². The van der Waals surface area contributed by atoms with Gasteiger partial charge < -0.3 is 0 Å². The summed E-state index contributed by atoms with van der Waals surface area (Å²) >= 11 is 0. The van der Waals surface area contributed by atoms with E-state index >= 15 is 0 Å². The Labute approximate surface area is 286 Å². The summed E-state index contributed by atoms with van der Waals surface area (Å²) in [5, 5.41) is 6.93. The van der Waals surface area contributed by atoms with Crippen LogP contribution >= 0.6 is 0 Å². The van der Waals surface area contributed by atoms with Crippen LogP contribution in [0.4, 0.5) is 0 Å². The van der Waals surface area contributed by atoms with E-state index in [0.29, 0.717) is 23.5 Å². The number of aryl methyl sites for hydroxylation is 1. The van der Waals surface area contributed by atoms with Gasteiger partial charge in [0.15, 0.2) is 17.5 Å². The number of nitrogens with zero attached hydrogens (tertiary/aromatic N) is 3. The van der Waals surface area contributed by atoms with Crippen LogP contribution < -0.4 is 0 Å². The Morgan fingerprint density at radius 2 is 0.796 bits per heavy atom. The first-order valence-corrected chi connectivity index (χ1v) is 16.5. The number of hydrogen-bond acceptors (Lipinski definition) is 3. The highest BCUT2D eigenvalue weighted by Crippen LogP contribution is 2.46. The van der Waals surface area contributed by atoms with Crippen molar-refractivity contribution < 1.29 is 1.37 Å². The third kappa shape index (κ3) is 4.95. The second-order valence-corrected chi connectivity index (χ2v) is 12.3. The van der Waals surface area contributed by atoms with Gasteiger partial charge >= 0.3 is 0 Å². The molecule has 0 fully saturated rings. The molecule has 49 heavy (non-hydrogen) atoms. The minimum absolute atomic E-state index is 0.505. The molecule has 0 saturated heterocycles. The summed E-state index contributed by atoms with van der Waals surface area (Å²) in [5.41, 5.74) is 8.65. The molecule has 0 spiro atoms. The molecule has 0 aliphatic heterocycles. The Hall–Kier alpha value is -6.45. The number of fused-ring (bicyclic) bond motifs is 3. The van der Waals surface area contributed by atoms with Gasteiger partial charge in [0.2, 0.25) is 0 Å². The Balaban J connectivity index is 1.32. The molecule has 230 valence electrons. The van der Waals surface area contributed by atoms with Crippen LogP contribution in [0.15, 0.2) is 170 Å². The third-order valence-electron chi connectivity index (χ3n) is 9.43. The third-order valence-corrected chi connectivity index (χ3v) is 9.43. The Morgan fingerprint density at radius 1 is 0.347 bits per heavy atom. The number of benzene rings is 8. The zero-order valence-corrected chi connectivity index (χ0v) is 26.9. The highest BCUT2D eigenvalue weighted by Gasteiger charge is 2.20. The maximum Gasteiger partial charge on any atom is 0.164 e. The summed E-state index contributed by atoms with van der Waals surface area (Å²) in [7, 11) is 0. The predicted molar refractivity (Wildman–Crippen MR) is 204 cm³/mol. The molecule has 0 radical (unpaired) electrons. The molecule has 3 heteroatoms. The average Bonchev–Trinajstić information content (AvgIpc) is 3.17. The van der Waals surface area contributed by atoms with E-state index in [1.165, 1.54) is 32.7 Å². The van der Waals surface area contributed by atoms with Crippen LogP contribution in [0.25, 0.3) is 88.7 Å². The van der Waals surface area contributed by atoms with Crippen molar-refractivity contribution in [1.82, 2.24) is 15.0 Å². The molecule has 0 aliphatic carbocycles. The smallest absolute Gasteiger partial charge is 0.164 e. The van der Waals surface area contributed by atoms with E-state index in [1.54, 1.807) is 0 Å². The highest BCUT2D eigenvalue weighted by atomic mass is 15.0. The fourth-order valence-corrected chi connectivity index (χ4v) is 7.15. The van der Waals surface area contributed by atoms with Crippen molar-refractivity contribution in [2.75, 3.05) is 0 Å². The van der Waals surface area contributed by atoms with E-state index in [4.69, 9.17) is 16.3 Å². The molecular formula is C46H31N3. The lowest BCUT2D eigenvalue weighted by molar-refractivity contribution is 1.07. The lowest BCUT2D eigenvalue weighted by Gasteiger charge is -2.19. The fourth-order valence-electron chi connectivity index (χ4n) is 7.15. The van der Waals surface area contributed by atoms with Crippen molar-refractivity contribution in [2.24, 2.45) is 0 Å². The zero-order valence-electron chi connectivity index (χ0n) is 27.9. The SMILES string of the molecule is [2H]c1ccc(-c2c3ccccc3c(-c3ccc(-c4nc(-c5ccccc5)nc(-c5ccccc5C)n4)c4ccccc34)c3ccccc23)cc1. The molecule has 0 saturated carbocycles. The Morgan fingerprint density at radius 3 is 1.43 bits per heavy atom. The van der Waals surface area contributed by atoms with E-state index in [1.807, 2.05) is 54.6 Å². The van der Waals surface area contributed by atoms with E-state index in [0.717, 1.165) is 44.2 Å². The first-order valence-electron chi connectivity index (χ1n) is 17.0. The molecular weight excluding hydrogens is 595 g/mol. The van der Waals surface area contributed by atoms with Crippen LogP contribution in [0.3, 0.4) is 0 Å². The molecule has 3 nitrogen and oxygen atoms in total. The van der Waals surface area contributed by atoms with Gasteiger partial charge in [0, 0.05) is 16.7 Å². The van der Waals surface area contributed by atoms with E-state index in [9.17, 15) is 0 Å². The topological polar surface area (TPSA) is 38.7 Å². The monoisotopic (exact) mass is 626 g/mol. The molecule has 9 rings (SSSR count). The van der Waals surface area contributed by atoms with Gasteiger partial charge in [0.05, 0.1) is 1.37 Å². The van der Waals surface area contributed by atoms with Crippen molar-refractivity contribution in [3.05, 3.63) is 175 Å². The molecule has 0 bridgehead atoms. The minimum Gasteiger partial charge on any atom is -0.208 e. The van der Waals surface area contributed by atoms with Crippen LogP contribution in [-0.4, -0.2) is 15.0 Å².